The molecule has 0 N–H and O–H groups in total. The van der Waals surface area contributed by atoms with Crippen molar-refractivity contribution >= 4 is 50.2 Å². The first kappa shape index (κ1) is 24.2. The van der Waals surface area contributed by atoms with Crippen molar-refractivity contribution in [3.63, 3.8) is 0 Å². The first-order chi connectivity index (χ1) is 19.9. The Bertz CT molecular complexity index is 1970. The van der Waals surface area contributed by atoms with Crippen LogP contribution in [0.15, 0.2) is 83.3 Å². The van der Waals surface area contributed by atoms with Gasteiger partial charge >= 0.3 is 0 Å². The molecule has 0 radical (unpaired) electrons. The minimum Gasteiger partial charge on any atom is -0.493 e. The van der Waals surface area contributed by atoms with Crippen LogP contribution < -0.4 is 9.64 Å². The number of benzene rings is 4. The van der Waals surface area contributed by atoms with E-state index in [9.17, 15) is 14.9 Å². The summed E-state index contributed by atoms with van der Waals surface area (Å²) in [6.07, 6.45) is 1.90. The highest BCUT2D eigenvalue weighted by molar-refractivity contribution is 6.26. The van der Waals surface area contributed by atoms with Crippen LogP contribution >= 0.6 is 0 Å². The molecule has 3 aliphatic heterocycles. The average Bonchev–Trinajstić information content (AvgIpc) is 3.68. The van der Waals surface area contributed by atoms with Gasteiger partial charge in [0.05, 0.1) is 47.0 Å². The maximum atomic E-state index is 14.1. The number of furan rings is 1. The molecule has 5 aromatic rings. The number of hydrogen-bond acceptors (Lipinski definition) is 6. The zero-order valence-electron chi connectivity index (χ0n) is 22.4. The van der Waals surface area contributed by atoms with Gasteiger partial charge in [0.15, 0.2) is 0 Å². The second-order valence-corrected chi connectivity index (χ2v) is 11.6. The van der Waals surface area contributed by atoms with Crippen molar-refractivity contribution in [1.29, 1.82) is 5.26 Å². The monoisotopic (exact) mass is 542 g/mol. The number of nitriles is 1. The molecule has 4 heterocycles. The molecule has 2 bridgehead atoms. The summed E-state index contributed by atoms with van der Waals surface area (Å²) in [6.45, 7) is 2.31. The molecule has 3 aliphatic rings. The second-order valence-electron chi connectivity index (χ2n) is 11.6. The molecule has 3 saturated heterocycles. The number of anilines is 1. The van der Waals surface area contributed by atoms with Crippen molar-refractivity contribution in [1.82, 2.24) is 0 Å². The quantitative estimate of drug-likeness (QED) is 0.235. The third-order valence-corrected chi connectivity index (χ3v) is 9.42. The number of hydrogen-bond donors (Lipinski definition) is 0. The van der Waals surface area contributed by atoms with Crippen LogP contribution in [0.3, 0.4) is 0 Å². The number of rotatable bonds is 5. The molecule has 0 saturated carbocycles. The Balaban J connectivity index is 1.09. The lowest BCUT2D eigenvalue weighted by Gasteiger charge is -2.31. The number of carbonyl (C=O) groups is 2. The SMILES string of the molecule is CC12CCC(CCOc3ccc4oc5ccccc5c4c3)(O1)C1C(=O)N(c3ccc(C#N)c4ccccc34)C(=O)C12. The van der Waals surface area contributed by atoms with Gasteiger partial charge in [0.1, 0.15) is 16.9 Å². The molecule has 0 spiro atoms. The Morgan fingerprint density at radius 1 is 0.878 bits per heavy atom. The first-order valence-corrected chi connectivity index (χ1v) is 14.0. The van der Waals surface area contributed by atoms with Crippen LogP contribution in [-0.4, -0.2) is 29.6 Å². The Morgan fingerprint density at radius 3 is 2.44 bits per heavy atom. The van der Waals surface area contributed by atoms with Crippen LogP contribution in [0.25, 0.3) is 32.7 Å². The van der Waals surface area contributed by atoms with Crippen LogP contribution in [0.1, 0.15) is 31.7 Å². The van der Waals surface area contributed by atoms with E-state index in [0.29, 0.717) is 42.5 Å². The van der Waals surface area contributed by atoms with Gasteiger partial charge in [-0.1, -0.05) is 42.5 Å². The van der Waals surface area contributed by atoms with Gasteiger partial charge in [-0.05, 0) is 56.2 Å². The molecular weight excluding hydrogens is 516 g/mol. The van der Waals surface area contributed by atoms with Crippen molar-refractivity contribution < 1.29 is 23.5 Å². The van der Waals surface area contributed by atoms with Gasteiger partial charge in [-0.15, -0.1) is 0 Å². The summed E-state index contributed by atoms with van der Waals surface area (Å²) in [5, 5.41) is 13.1. The molecule has 4 unspecified atom stereocenters. The van der Waals surface area contributed by atoms with Gasteiger partial charge < -0.3 is 13.9 Å². The number of para-hydroxylation sites is 1. The first-order valence-electron chi connectivity index (χ1n) is 14.0. The normalized spacial score (nSPS) is 26.8. The van der Waals surface area contributed by atoms with E-state index in [-0.39, 0.29) is 11.8 Å². The fourth-order valence-corrected chi connectivity index (χ4v) is 7.56. The lowest BCUT2D eigenvalue weighted by molar-refractivity contribution is -0.131. The Kier molecular flexibility index (Phi) is 4.96. The highest BCUT2D eigenvalue weighted by Gasteiger charge is 2.73. The molecule has 8 rings (SSSR count). The minimum absolute atomic E-state index is 0.225. The zero-order valence-corrected chi connectivity index (χ0v) is 22.4. The lowest BCUT2D eigenvalue weighted by Crippen LogP contribution is -2.43. The van der Waals surface area contributed by atoms with E-state index in [1.165, 1.54) is 4.90 Å². The van der Waals surface area contributed by atoms with Crippen molar-refractivity contribution in [3.8, 4) is 11.8 Å². The molecule has 3 fully saturated rings. The summed E-state index contributed by atoms with van der Waals surface area (Å²) in [5.74, 6) is -0.865. The molecule has 41 heavy (non-hydrogen) atoms. The predicted molar refractivity (Wildman–Crippen MR) is 153 cm³/mol. The molecule has 4 atom stereocenters. The Labute approximate surface area is 235 Å². The molecule has 202 valence electrons. The van der Waals surface area contributed by atoms with Crippen LogP contribution in [0, 0.1) is 23.2 Å². The second kappa shape index (κ2) is 8.42. The van der Waals surface area contributed by atoms with Crippen molar-refractivity contribution in [2.45, 2.75) is 37.4 Å². The molecule has 2 amide bonds. The van der Waals surface area contributed by atoms with E-state index in [0.717, 1.165) is 33.1 Å². The van der Waals surface area contributed by atoms with E-state index in [4.69, 9.17) is 13.9 Å². The Hall–Kier alpha value is -4.67. The third kappa shape index (κ3) is 3.28. The highest BCUT2D eigenvalue weighted by Crippen LogP contribution is 2.62. The highest BCUT2D eigenvalue weighted by atomic mass is 16.5. The zero-order chi connectivity index (χ0) is 27.9. The van der Waals surface area contributed by atoms with Crippen LogP contribution in [0.4, 0.5) is 5.69 Å². The van der Waals surface area contributed by atoms with E-state index < -0.39 is 23.0 Å². The number of amides is 2. The standard InChI is InChI=1S/C34H26N2O5/c1-33-14-15-34(41-33,16-17-39-21-11-13-28-25(18-21)24-8-4-5-9-27(24)40-28)30-29(33)31(37)36(32(30)38)26-12-10-20(19-35)22-6-2-3-7-23(22)26/h2-13,18,29-30H,14-17H2,1H3. The van der Waals surface area contributed by atoms with E-state index in [1.54, 1.807) is 12.1 Å². The number of nitrogens with zero attached hydrogens (tertiary/aromatic N) is 2. The van der Waals surface area contributed by atoms with E-state index >= 15 is 0 Å². The molecule has 7 nitrogen and oxygen atoms in total. The largest absolute Gasteiger partial charge is 0.493 e. The maximum absolute atomic E-state index is 14.1. The number of imide groups is 1. The summed E-state index contributed by atoms with van der Waals surface area (Å²) in [6, 6.07) is 26.7. The number of carbonyl (C=O) groups excluding carboxylic acids is 2. The summed E-state index contributed by atoms with van der Waals surface area (Å²) < 4.78 is 18.8. The van der Waals surface area contributed by atoms with Gasteiger partial charge in [-0.25, -0.2) is 4.90 Å². The maximum Gasteiger partial charge on any atom is 0.240 e. The fourth-order valence-electron chi connectivity index (χ4n) is 7.56. The molecule has 4 aromatic carbocycles. The third-order valence-electron chi connectivity index (χ3n) is 9.42. The van der Waals surface area contributed by atoms with E-state index in [1.807, 2.05) is 73.7 Å². The average molecular weight is 543 g/mol. The van der Waals surface area contributed by atoms with Gasteiger partial charge in [0, 0.05) is 28.0 Å². The van der Waals surface area contributed by atoms with Gasteiger partial charge in [-0.3, -0.25) is 9.59 Å². The predicted octanol–water partition coefficient (Wildman–Crippen LogP) is 6.51. The van der Waals surface area contributed by atoms with Crippen molar-refractivity contribution in [3.05, 3.63) is 84.4 Å². The summed E-state index contributed by atoms with van der Waals surface area (Å²) in [5.41, 5.74) is 1.20. The van der Waals surface area contributed by atoms with Crippen LogP contribution in [0.2, 0.25) is 0 Å². The topological polar surface area (TPSA) is 92.8 Å². The van der Waals surface area contributed by atoms with Gasteiger partial charge in [-0.2, -0.15) is 5.26 Å². The van der Waals surface area contributed by atoms with Gasteiger partial charge in [0.25, 0.3) is 0 Å². The molecule has 0 aliphatic carbocycles. The van der Waals surface area contributed by atoms with E-state index in [2.05, 4.69) is 6.07 Å². The van der Waals surface area contributed by atoms with Gasteiger partial charge in [0.2, 0.25) is 11.8 Å². The van der Waals surface area contributed by atoms with Crippen molar-refractivity contribution in [2.75, 3.05) is 11.5 Å². The summed E-state index contributed by atoms with van der Waals surface area (Å²) >= 11 is 0. The minimum atomic E-state index is -0.768. The number of ether oxygens (including phenoxy) is 2. The van der Waals surface area contributed by atoms with Crippen LogP contribution in [-0.2, 0) is 14.3 Å². The molecule has 7 heteroatoms. The lowest BCUT2D eigenvalue weighted by atomic mass is 9.67. The van der Waals surface area contributed by atoms with Crippen LogP contribution in [0.5, 0.6) is 5.75 Å². The molecular formula is C34H26N2O5. The number of fused-ring (bicyclic) bond motifs is 9. The van der Waals surface area contributed by atoms with Crippen molar-refractivity contribution in [2.24, 2.45) is 11.8 Å². The Morgan fingerprint density at radius 2 is 1.61 bits per heavy atom. The smallest absolute Gasteiger partial charge is 0.240 e. The summed E-state index contributed by atoms with van der Waals surface area (Å²) in [7, 11) is 0. The fraction of sp³-hybridized carbons (Fsp3) is 0.265. The molecule has 1 aromatic heterocycles. The summed E-state index contributed by atoms with van der Waals surface area (Å²) in [4.78, 5) is 29.4.